The van der Waals surface area contributed by atoms with Crippen LogP contribution in [0.2, 0.25) is 0 Å². The molecule has 0 saturated heterocycles. The Hall–Kier alpha value is -4.56. The van der Waals surface area contributed by atoms with Gasteiger partial charge in [0.05, 0.1) is 0 Å². The Morgan fingerprint density at radius 1 is 0.404 bits per heavy atom. The minimum atomic E-state index is 0.513. The molecule has 0 fully saturated rings. The largest absolute Gasteiger partial charge is 0.356 e. The van der Waals surface area contributed by atoms with Crippen molar-refractivity contribution < 1.29 is 0 Å². The molecule has 0 amide bonds. The van der Waals surface area contributed by atoms with Crippen molar-refractivity contribution in [2.45, 2.75) is 76.3 Å². The second-order valence-corrected chi connectivity index (χ2v) is 12.7. The number of aromatic nitrogens is 3. The smallest absolute Gasteiger partial charge is 0.233 e. The molecule has 1 aromatic heterocycles. The molecule has 5 rings (SSSR count). The summed E-state index contributed by atoms with van der Waals surface area (Å²) in [6.45, 7) is 2.27. The van der Waals surface area contributed by atoms with Gasteiger partial charge in [0, 0.05) is 39.9 Å². The van der Waals surface area contributed by atoms with Gasteiger partial charge in [-0.2, -0.15) is 15.0 Å². The van der Waals surface area contributed by atoms with E-state index in [1.807, 2.05) is 109 Å². The van der Waals surface area contributed by atoms with E-state index < -0.39 is 0 Å². The molecule has 5 aromatic rings. The van der Waals surface area contributed by atoms with E-state index >= 15 is 0 Å². The summed E-state index contributed by atoms with van der Waals surface area (Å²) in [4.78, 5) is 14.3. The van der Waals surface area contributed by atoms with Crippen LogP contribution in [0.3, 0.4) is 0 Å². The summed E-state index contributed by atoms with van der Waals surface area (Å²) in [5, 5.41) is 14.3. The van der Waals surface area contributed by atoms with Crippen molar-refractivity contribution in [3.05, 3.63) is 109 Å². The Bertz CT molecular complexity index is 1480. The fourth-order valence-corrected chi connectivity index (χ4v) is 6.03. The number of unbranched alkanes of at least 4 members (excludes halogenated alkanes) is 9. The van der Waals surface area contributed by atoms with Crippen LogP contribution < -0.4 is 21.3 Å². The van der Waals surface area contributed by atoms with Crippen LogP contribution >= 0.6 is 11.8 Å². The first-order chi connectivity index (χ1) is 23.2. The number of anilines is 8. The molecule has 8 heteroatoms. The summed E-state index contributed by atoms with van der Waals surface area (Å²) in [5.41, 5.74) is 5.93. The summed E-state index contributed by atoms with van der Waals surface area (Å²) >= 11 is 1.69. The highest BCUT2D eigenvalue weighted by atomic mass is 32.2. The third-order valence-corrected chi connectivity index (χ3v) is 8.68. The molecule has 0 bridgehead atoms. The van der Waals surface area contributed by atoms with Crippen LogP contribution in [0.1, 0.15) is 71.1 Å². The molecule has 0 saturated carbocycles. The number of nitrogens with zero attached hydrogens (tertiary/aromatic N) is 3. The Labute approximate surface area is 284 Å². The molecule has 47 heavy (non-hydrogen) atoms. The first-order valence-corrected chi connectivity index (χ1v) is 18.0. The number of nitrogens with one attached hydrogen (secondary N) is 4. The normalized spacial score (nSPS) is 10.8. The van der Waals surface area contributed by atoms with E-state index in [1.165, 1.54) is 57.8 Å². The van der Waals surface area contributed by atoms with Crippen LogP contribution in [0.15, 0.2) is 114 Å². The molecule has 4 aromatic carbocycles. The van der Waals surface area contributed by atoms with E-state index in [0.717, 1.165) is 46.3 Å². The second kappa shape index (κ2) is 19.2. The first kappa shape index (κ1) is 33.8. The SMILES string of the molecule is CCCCCCCCCCCCSc1nc(Nc2ccc(Nc3ccccc3)cc2)nc(Nc2ccc(Nc3ccccc3)cc2)n1. The summed E-state index contributed by atoms with van der Waals surface area (Å²) in [7, 11) is 0. The van der Waals surface area contributed by atoms with Gasteiger partial charge in [-0.3, -0.25) is 0 Å². The minimum Gasteiger partial charge on any atom is -0.356 e. The Morgan fingerprint density at radius 3 is 1.19 bits per heavy atom. The van der Waals surface area contributed by atoms with Gasteiger partial charge in [-0.15, -0.1) is 0 Å². The second-order valence-electron chi connectivity index (χ2n) is 11.7. The highest BCUT2D eigenvalue weighted by Crippen LogP contribution is 2.25. The molecule has 4 N–H and O–H groups in total. The zero-order chi connectivity index (χ0) is 32.4. The third kappa shape index (κ3) is 12.3. The van der Waals surface area contributed by atoms with E-state index in [0.29, 0.717) is 17.1 Å². The van der Waals surface area contributed by atoms with Gasteiger partial charge < -0.3 is 21.3 Å². The fourth-order valence-electron chi connectivity index (χ4n) is 5.19. The first-order valence-electron chi connectivity index (χ1n) is 17.0. The van der Waals surface area contributed by atoms with Crippen LogP contribution in [0.5, 0.6) is 0 Å². The van der Waals surface area contributed by atoms with Crippen LogP contribution in [0.4, 0.5) is 46.0 Å². The highest BCUT2D eigenvalue weighted by Gasteiger charge is 2.09. The molecular formula is C39H47N7S. The zero-order valence-electron chi connectivity index (χ0n) is 27.4. The summed E-state index contributed by atoms with van der Waals surface area (Å²) in [6, 6.07) is 36.6. The lowest BCUT2D eigenvalue weighted by Crippen LogP contribution is -2.05. The molecule has 0 unspecified atom stereocenters. The van der Waals surface area contributed by atoms with E-state index in [2.05, 4.69) is 28.2 Å². The van der Waals surface area contributed by atoms with Crippen LogP contribution in [-0.2, 0) is 0 Å². The van der Waals surface area contributed by atoms with Crippen molar-refractivity contribution in [1.29, 1.82) is 0 Å². The number of thioether (sulfide) groups is 1. The number of rotatable bonds is 20. The van der Waals surface area contributed by atoms with Gasteiger partial charge in [-0.05, 0) is 79.2 Å². The zero-order valence-corrected chi connectivity index (χ0v) is 28.2. The fraction of sp³-hybridized carbons (Fsp3) is 0.308. The van der Waals surface area contributed by atoms with Crippen molar-refractivity contribution in [3.8, 4) is 0 Å². The summed E-state index contributed by atoms with van der Waals surface area (Å²) < 4.78 is 0. The number of hydrogen-bond acceptors (Lipinski definition) is 8. The average molecular weight is 646 g/mol. The van der Waals surface area contributed by atoms with Crippen molar-refractivity contribution in [1.82, 2.24) is 15.0 Å². The third-order valence-electron chi connectivity index (χ3n) is 7.75. The van der Waals surface area contributed by atoms with E-state index in [-0.39, 0.29) is 0 Å². The van der Waals surface area contributed by atoms with Gasteiger partial charge in [-0.25, -0.2) is 0 Å². The summed E-state index contributed by atoms with van der Waals surface area (Å²) in [6.07, 6.45) is 13.2. The maximum absolute atomic E-state index is 4.77. The van der Waals surface area contributed by atoms with Crippen molar-refractivity contribution in [2.24, 2.45) is 0 Å². The number of hydrogen-bond donors (Lipinski definition) is 4. The lowest BCUT2D eigenvalue weighted by atomic mass is 10.1. The molecule has 7 nitrogen and oxygen atoms in total. The minimum absolute atomic E-state index is 0.513. The molecule has 1 heterocycles. The quantitative estimate of drug-likeness (QED) is 0.0491. The molecule has 244 valence electrons. The van der Waals surface area contributed by atoms with Gasteiger partial charge in [0.1, 0.15) is 0 Å². The Kier molecular flexibility index (Phi) is 13.8. The summed E-state index contributed by atoms with van der Waals surface area (Å²) in [5.74, 6) is 2.01. The van der Waals surface area contributed by atoms with Crippen molar-refractivity contribution >= 4 is 57.8 Å². The van der Waals surface area contributed by atoms with Gasteiger partial charge in [0.25, 0.3) is 0 Å². The number of benzene rings is 4. The highest BCUT2D eigenvalue weighted by molar-refractivity contribution is 7.99. The molecule has 0 spiro atoms. The molecule has 0 atom stereocenters. The monoisotopic (exact) mass is 645 g/mol. The predicted molar refractivity (Wildman–Crippen MR) is 201 cm³/mol. The molecule has 0 aliphatic carbocycles. The number of para-hydroxylation sites is 2. The van der Waals surface area contributed by atoms with Gasteiger partial charge in [-0.1, -0.05) is 113 Å². The van der Waals surface area contributed by atoms with Gasteiger partial charge >= 0.3 is 0 Å². The molecule has 0 aliphatic heterocycles. The van der Waals surface area contributed by atoms with Crippen molar-refractivity contribution in [3.63, 3.8) is 0 Å². The molecule has 0 radical (unpaired) electrons. The Balaban J connectivity index is 1.19. The van der Waals surface area contributed by atoms with E-state index in [9.17, 15) is 0 Å². The predicted octanol–water partition coefficient (Wildman–Crippen LogP) is 11.9. The lowest BCUT2D eigenvalue weighted by molar-refractivity contribution is 0.563. The van der Waals surface area contributed by atoms with Crippen LogP contribution in [-0.4, -0.2) is 20.7 Å². The average Bonchev–Trinajstić information content (AvgIpc) is 3.10. The maximum atomic E-state index is 4.77. The molecular weight excluding hydrogens is 599 g/mol. The van der Waals surface area contributed by atoms with Crippen LogP contribution in [0.25, 0.3) is 0 Å². The Morgan fingerprint density at radius 2 is 0.766 bits per heavy atom. The maximum Gasteiger partial charge on any atom is 0.233 e. The lowest BCUT2D eigenvalue weighted by Gasteiger charge is -2.12. The topological polar surface area (TPSA) is 86.8 Å². The van der Waals surface area contributed by atoms with E-state index in [4.69, 9.17) is 15.0 Å². The van der Waals surface area contributed by atoms with E-state index in [1.54, 1.807) is 11.8 Å². The molecule has 0 aliphatic rings. The van der Waals surface area contributed by atoms with Gasteiger partial charge in [0.2, 0.25) is 11.9 Å². The van der Waals surface area contributed by atoms with Gasteiger partial charge in [0.15, 0.2) is 5.16 Å². The van der Waals surface area contributed by atoms with Crippen LogP contribution in [0, 0.1) is 0 Å². The van der Waals surface area contributed by atoms with Crippen molar-refractivity contribution in [2.75, 3.05) is 27.0 Å². The standard InChI is InChI=1S/C39H47N7S/c1-2-3-4-5-6-7-8-9-10-17-30-47-39-45-37(42-35-26-22-33(23-27-35)40-31-18-13-11-14-19-31)44-38(46-39)43-36-28-24-34(25-29-36)41-32-20-15-12-16-21-32/h11-16,18-29,40-41H,2-10,17,30H2,1H3,(H2,42,43,44,45,46).